The molecule has 4 rings (SSSR count). The number of rotatable bonds is 5. The maximum Gasteiger partial charge on any atom is 0.0124 e. The van der Waals surface area contributed by atoms with Gasteiger partial charge in [0.05, 0.1) is 0 Å². The smallest absolute Gasteiger partial charge is 0.0124 e. The molecule has 0 aliphatic heterocycles. The molecule has 0 aromatic heterocycles. The maximum absolute atomic E-state index is 3.94. The molecule has 0 saturated heterocycles. The molecule has 4 fully saturated rings. The van der Waals surface area contributed by atoms with Crippen LogP contribution in [-0.2, 0) is 0 Å². The minimum Gasteiger partial charge on any atom is -0.313 e. The van der Waals surface area contributed by atoms with Crippen LogP contribution in [0.1, 0.15) is 39.0 Å². The average molecular weight is 253 g/mol. The third kappa shape index (κ3) is 2.53. The first-order valence-corrected chi connectivity index (χ1v) is 8.88. The summed E-state index contributed by atoms with van der Waals surface area (Å²) in [4.78, 5) is 0. The van der Waals surface area contributed by atoms with Crippen molar-refractivity contribution in [3.05, 3.63) is 0 Å². The normalized spacial score (nSPS) is 45.2. The predicted molar refractivity (Wildman–Crippen MR) is 76.4 cm³/mol. The molecule has 1 N–H and O–H groups in total. The van der Waals surface area contributed by atoms with Crippen molar-refractivity contribution in [3.8, 4) is 0 Å². The van der Waals surface area contributed by atoms with Crippen molar-refractivity contribution in [2.24, 2.45) is 29.6 Å². The van der Waals surface area contributed by atoms with E-state index in [1.165, 1.54) is 12.3 Å². The molecule has 4 bridgehead atoms. The Labute approximate surface area is 111 Å². The third-order valence-corrected chi connectivity index (χ3v) is 6.28. The number of nitrogens with one attached hydrogen (secondary N) is 1. The second kappa shape index (κ2) is 5.13. The van der Waals surface area contributed by atoms with E-state index < -0.39 is 0 Å². The lowest BCUT2D eigenvalue weighted by molar-refractivity contribution is -0.0143. The fourth-order valence-electron chi connectivity index (χ4n) is 4.94. The zero-order valence-corrected chi connectivity index (χ0v) is 12.1. The molecule has 0 aromatic rings. The Hall–Kier alpha value is 0.310. The highest BCUT2D eigenvalue weighted by Gasteiger charge is 2.47. The molecule has 2 heteroatoms. The van der Waals surface area contributed by atoms with Gasteiger partial charge in [0.1, 0.15) is 0 Å². The molecule has 4 saturated carbocycles. The Kier molecular flexibility index (Phi) is 3.72. The second-order valence-corrected chi connectivity index (χ2v) is 7.84. The van der Waals surface area contributed by atoms with Crippen LogP contribution in [0, 0.1) is 29.6 Å². The monoisotopic (exact) mass is 253 g/mol. The molecule has 1 nitrogen and oxygen atoms in total. The van der Waals surface area contributed by atoms with E-state index in [9.17, 15) is 0 Å². The SMILES string of the molecule is CSCC(C)CNC1C2CC3CC(C2)CC1C3. The summed E-state index contributed by atoms with van der Waals surface area (Å²) in [5.41, 5.74) is 0. The molecular weight excluding hydrogens is 226 g/mol. The minimum atomic E-state index is 0.835. The van der Waals surface area contributed by atoms with Crippen LogP contribution in [0.2, 0.25) is 0 Å². The summed E-state index contributed by atoms with van der Waals surface area (Å²) in [6, 6.07) is 0.882. The highest BCUT2D eigenvalue weighted by Crippen LogP contribution is 2.53. The van der Waals surface area contributed by atoms with Gasteiger partial charge in [-0.15, -0.1) is 0 Å². The molecular formula is C15H27NS. The summed E-state index contributed by atoms with van der Waals surface area (Å²) in [6.07, 6.45) is 9.97. The van der Waals surface area contributed by atoms with Gasteiger partial charge in [0.15, 0.2) is 0 Å². The predicted octanol–water partition coefficient (Wildman–Crippen LogP) is 3.40. The summed E-state index contributed by atoms with van der Waals surface area (Å²) in [6.45, 7) is 3.63. The molecule has 0 amide bonds. The van der Waals surface area contributed by atoms with Crippen LogP contribution in [0.25, 0.3) is 0 Å². The van der Waals surface area contributed by atoms with E-state index in [1.54, 1.807) is 32.1 Å². The van der Waals surface area contributed by atoms with Gasteiger partial charge in [0.2, 0.25) is 0 Å². The Morgan fingerprint density at radius 3 is 2.18 bits per heavy atom. The van der Waals surface area contributed by atoms with Crippen LogP contribution < -0.4 is 5.32 Å². The molecule has 17 heavy (non-hydrogen) atoms. The molecule has 0 heterocycles. The van der Waals surface area contributed by atoms with Crippen molar-refractivity contribution in [2.75, 3.05) is 18.6 Å². The van der Waals surface area contributed by atoms with Gasteiger partial charge in [-0.3, -0.25) is 0 Å². The molecule has 98 valence electrons. The molecule has 0 radical (unpaired) electrons. The lowest BCUT2D eigenvalue weighted by Crippen LogP contribution is -2.55. The minimum absolute atomic E-state index is 0.835. The molecule has 1 atom stereocenters. The first-order valence-electron chi connectivity index (χ1n) is 7.48. The maximum atomic E-state index is 3.94. The Morgan fingerprint density at radius 2 is 1.65 bits per heavy atom. The van der Waals surface area contributed by atoms with Crippen LogP contribution in [-0.4, -0.2) is 24.6 Å². The van der Waals surface area contributed by atoms with Crippen molar-refractivity contribution in [1.29, 1.82) is 0 Å². The Morgan fingerprint density at radius 1 is 1.06 bits per heavy atom. The summed E-state index contributed by atoms with van der Waals surface area (Å²) < 4.78 is 0. The number of hydrogen-bond donors (Lipinski definition) is 1. The molecule has 0 spiro atoms. The Bertz CT molecular complexity index is 238. The highest BCUT2D eigenvalue weighted by molar-refractivity contribution is 7.98. The van der Waals surface area contributed by atoms with Gasteiger partial charge in [0.25, 0.3) is 0 Å². The summed E-state index contributed by atoms with van der Waals surface area (Å²) in [7, 11) is 0. The average Bonchev–Trinajstić information content (AvgIpc) is 2.27. The van der Waals surface area contributed by atoms with Crippen molar-refractivity contribution >= 4 is 11.8 Å². The third-order valence-electron chi connectivity index (χ3n) is 5.38. The van der Waals surface area contributed by atoms with Gasteiger partial charge in [-0.25, -0.2) is 0 Å². The lowest BCUT2D eigenvalue weighted by atomic mass is 9.54. The standard InChI is InChI=1S/C15H27NS/c1-10(9-17-2)8-16-15-13-4-11-3-12(6-13)7-14(15)5-11/h10-16H,3-9H2,1-2H3. The van der Waals surface area contributed by atoms with Crippen molar-refractivity contribution in [2.45, 2.75) is 45.1 Å². The van der Waals surface area contributed by atoms with Crippen LogP contribution >= 0.6 is 11.8 Å². The van der Waals surface area contributed by atoms with E-state index in [2.05, 4.69) is 18.5 Å². The largest absolute Gasteiger partial charge is 0.313 e. The zero-order chi connectivity index (χ0) is 11.8. The first kappa shape index (κ1) is 12.3. The summed E-state index contributed by atoms with van der Waals surface area (Å²) >= 11 is 1.99. The van der Waals surface area contributed by atoms with E-state index in [4.69, 9.17) is 0 Å². The molecule has 4 aliphatic carbocycles. The van der Waals surface area contributed by atoms with Crippen LogP contribution in [0.15, 0.2) is 0 Å². The van der Waals surface area contributed by atoms with E-state index in [-0.39, 0.29) is 0 Å². The number of hydrogen-bond acceptors (Lipinski definition) is 2. The zero-order valence-electron chi connectivity index (χ0n) is 11.3. The van der Waals surface area contributed by atoms with Crippen LogP contribution in [0.4, 0.5) is 0 Å². The number of thioether (sulfide) groups is 1. The van der Waals surface area contributed by atoms with Crippen molar-refractivity contribution in [1.82, 2.24) is 5.32 Å². The fraction of sp³-hybridized carbons (Fsp3) is 1.00. The van der Waals surface area contributed by atoms with Gasteiger partial charge in [0, 0.05) is 6.04 Å². The molecule has 1 unspecified atom stereocenters. The van der Waals surface area contributed by atoms with Gasteiger partial charge < -0.3 is 5.32 Å². The van der Waals surface area contributed by atoms with Crippen molar-refractivity contribution < 1.29 is 0 Å². The van der Waals surface area contributed by atoms with Gasteiger partial charge >= 0.3 is 0 Å². The van der Waals surface area contributed by atoms with Gasteiger partial charge in [-0.05, 0) is 80.2 Å². The van der Waals surface area contributed by atoms with Crippen molar-refractivity contribution in [3.63, 3.8) is 0 Å². The van der Waals surface area contributed by atoms with Gasteiger partial charge in [-0.1, -0.05) is 6.92 Å². The summed E-state index contributed by atoms with van der Waals surface area (Å²) in [5, 5.41) is 3.94. The van der Waals surface area contributed by atoms with E-state index in [0.29, 0.717) is 0 Å². The topological polar surface area (TPSA) is 12.0 Å². The summed E-state index contributed by atoms with van der Waals surface area (Å²) in [5.74, 6) is 6.43. The quantitative estimate of drug-likeness (QED) is 0.806. The van der Waals surface area contributed by atoms with E-state index >= 15 is 0 Å². The fourth-order valence-corrected chi connectivity index (χ4v) is 5.63. The van der Waals surface area contributed by atoms with Gasteiger partial charge in [-0.2, -0.15) is 11.8 Å². The molecule has 4 aliphatic rings. The van der Waals surface area contributed by atoms with Crippen LogP contribution in [0.3, 0.4) is 0 Å². The van der Waals surface area contributed by atoms with E-state index in [1.807, 2.05) is 11.8 Å². The van der Waals surface area contributed by atoms with Crippen LogP contribution in [0.5, 0.6) is 0 Å². The lowest BCUT2D eigenvalue weighted by Gasteiger charge is -2.54. The molecule has 0 aromatic carbocycles. The highest BCUT2D eigenvalue weighted by atomic mass is 32.2. The Balaban J connectivity index is 1.54. The second-order valence-electron chi connectivity index (χ2n) is 6.93. The van der Waals surface area contributed by atoms with E-state index in [0.717, 1.165) is 35.6 Å². The first-order chi connectivity index (χ1) is 8.26.